The number of hydrogen-bond donors (Lipinski definition) is 2. The average molecular weight is 384 g/mol. The van der Waals surface area contributed by atoms with Gasteiger partial charge in [0.15, 0.2) is 0 Å². The average Bonchev–Trinajstić information content (AvgIpc) is 2.61. The third-order valence-corrected chi connectivity index (χ3v) is 5.91. The normalized spacial score (nSPS) is 17.0. The van der Waals surface area contributed by atoms with Crippen molar-refractivity contribution in [3.63, 3.8) is 0 Å². The molecule has 2 N–H and O–H groups in total. The third-order valence-electron chi connectivity index (χ3n) is 4.01. The van der Waals surface area contributed by atoms with Gasteiger partial charge >= 0.3 is 5.97 Å². The molecule has 0 unspecified atom stereocenters. The molecule has 1 aromatic carbocycles. The zero-order chi connectivity index (χ0) is 19.3. The van der Waals surface area contributed by atoms with Crippen molar-refractivity contribution in [2.75, 3.05) is 26.3 Å². The van der Waals surface area contributed by atoms with Gasteiger partial charge < -0.3 is 15.2 Å². The van der Waals surface area contributed by atoms with Crippen molar-refractivity contribution < 1.29 is 27.9 Å². The van der Waals surface area contributed by atoms with Crippen LogP contribution < -0.4 is 5.32 Å². The van der Waals surface area contributed by atoms with Gasteiger partial charge in [-0.3, -0.25) is 4.79 Å². The van der Waals surface area contributed by atoms with Crippen LogP contribution in [0.3, 0.4) is 0 Å². The number of carboxylic acid groups (broad SMARTS) is 1. The smallest absolute Gasteiger partial charge is 0.326 e. The molecule has 0 aromatic heterocycles. The highest BCUT2D eigenvalue weighted by Gasteiger charge is 2.27. The number of nitrogens with zero attached hydrogens (tertiary/aromatic N) is 1. The van der Waals surface area contributed by atoms with Gasteiger partial charge in [-0.1, -0.05) is 19.9 Å². The van der Waals surface area contributed by atoms with Crippen LogP contribution in [0, 0.1) is 5.92 Å². The zero-order valence-electron chi connectivity index (χ0n) is 14.8. The van der Waals surface area contributed by atoms with Gasteiger partial charge in [-0.2, -0.15) is 4.31 Å². The fourth-order valence-electron chi connectivity index (χ4n) is 2.67. The van der Waals surface area contributed by atoms with Crippen molar-refractivity contribution in [1.29, 1.82) is 0 Å². The SMILES string of the molecule is CC(C)C[C@H](NC(=O)c1cccc(S(=O)(=O)N2CCOCC2)c1)C(=O)O. The topological polar surface area (TPSA) is 113 Å². The number of amides is 1. The summed E-state index contributed by atoms with van der Waals surface area (Å²) in [5.74, 6) is -1.65. The van der Waals surface area contributed by atoms with Gasteiger partial charge in [0.1, 0.15) is 6.04 Å². The lowest BCUT2D eigenvalue weighted by Gasteiger charge is -2.26. The lowest BCUT2D eigenvalue weighted by Crippen LogP contribution is -2.42. The first-order valence-corrected chi connectivity index (χ1v) is 9.87. The van der Waals surface area contributed by atoms with E-state index in [2.05, 4.69) is 5.32 Å². The van der Waals surface area contributed by atoms with Gasteiger partial charge in [0, 0.05) is 18.7 Å². The van der Waals surface area contributed by atoms with Crippen LogP contribution in [0.4, 0.5) is 0 Å². The van der Waals surface area contributed by atoms with Crippen molar-refractivity contribution in [3.8, 4) is 0 Å². The largest absolute Gasteiger partial charge is 0.480 e. The molecule has 1 saturated heterocycles. The highest BCUT2D eigenvalue weighted by Crippen LogP contribution is 2.18. The van der Waals surface area contributed by atoms with Gasteiger partial charge in [-0.25, -0.2) is 13.2 Å². The standard InChI is InChI=1S/C17H24N2O6S/c1-12(2)10-15(17(21)22)18-16(20)13-4-3-5-14(11-13)26(23,24)19-6-8-25-9-7-19/h3-5,11-12,15H,6-10H2,1-2H3,(H,18,20)(H,21,22)/t15-/m0/s1. The van der Waals surface area contributed by atoms with E-state index < -0.39 is 27.9 Å². The van der Waals surface area contributed by atoms with E-state index in [-0.39, 0.29) is 35.9 Å². The Kier molecular flexibility index (Phi) is 6.74. The number of benzene rings is 1. The maximum Gasteiger partial charge on any atom is 0.326 e. The Morgan fingerprint density at radius 3 is 2.50 bits per heavy atom. The Bertz CT molecular complexity index is 756. The molecule has 1 aromatic rings. The Morgan fingerprint density at radius 1 is 1.27 bits per heavy atom. The minimum Gasteiger partial charge on any atom is -0.480 e. The summed E-state index contributed by atoms with van der Waals surface area (Å²) in [5.41, 5.74) is 0.106. The van der Waals surface area contributed by atoms with Crippen LogP contribution in [0.5, 0.6) is 0 Å². The number of carbonyl (C=O) groups excluding carboxylic acids is 1. The molecular formula is C17H24N2O6S. The highest BCUT2D eigenvalue weighted by molar-refractivity contribution is 7.89. The number of sulfonamides is 1. The Balaban J connectivity index is 2.19. The first-order chi connectivity index (χ1) is 12.2. The summed E-state index contributed by atoms with van der Waals surface area (Å²) < 4.78 is 31.8. The van der Waals surface area contributed by atoms with Gasteiger partial charge in [-0.05, 0) is 30.5 Å². The third kappa shape index (κ3) is 5.03. The lowest BCUT2D eigenvalue weighted by atomic mass is 10.0. The first kappa shape index (κ1) is 20.3. The molecular weight excluding hydrogens is 360 g/mol. The first-order valence-electron chi connectivity index (χ1n) is 8.43. The minimum absolute atomic E-state index is 0.00258. The molecule has 1 aliphatic heterocycles. The molecule has 1 aliphatic rings. The number of nitrogens with one attached hydrogen (secondary N) is 1. The van der Waals surface area contributed by atoms with Crippen LogP contribution in [0.2, 0.25) is 0 Å². The van der Waals surface area contributed by atoms with Gasteiger partial charge in [0.05, 0.1) is 18.1 Å². The van der Waals surface area contributed by atoms with Crippen LogP contribution in [-0.2, 0) is 19.6 Å². The molecule has 0 radical (unpaired) electrons. The monoisotopic (exact) mass is 384 g/mol. The highest BCUT2D eigenvalue weighted by atomic mass is 32.2. The van der Waals surface area contributed by atoms with Crippen LogP contribution in [0.25, 0.3) is 0 Å². The van der Waals surface area contributed by atoms with Crippen molar-refractivity contribution in [3.05, 3.63) is 29.8 Å². The molecule has 9 heteroatoms. The van der Waals surface area contributed by atoms with E-state index in [1.165, 1.54) is 28.6 Å². The van der Waals surface area contributed by atoms with E-state index >= 15 is 0 Å². The Hall–Kier alpha value is -1.97. The van der Waals surface area contributed by atoms with Crippen LogP contribution in [-0.4, -0.2) is 62.1 Å². The van der Waals surface area contributed by atoms with E-state index in [0.717, 1.165) is 0 Å². The predicted molar refractivity (Wildman–Crippen MR) is 94.4 cm³/mol. The van der Waals surface area contributed by atoms with E-state index in [1.807, 2.05) is 13.8 Å². The second kappa shape index (κ2) is 8.61. The zero-order valence-corrected chi connectivity index (χ0v) is 15.7. The summed E-state index contributed by atoms with van der Waals surface area (Å²) in [6.07, 6.45) is 0.285. The van der Waals surface area contributed by atoms with Gasteiger partial charge in [0.2, 0.25) is 10.0 Å². The van der Waals surface area contributed by atoms with E-state index in [9.17, 15) is 23.1 Å². The molecule has 0 bridgehead atoms. The number of aliphatic carboxylic acids is 1. The molecule has 0 saturated carbocycles. The summed E-state index contributed by atoms with van der Waals surface area (Å²) in [6, 6.07) is 4.60. The van der Waals surface area contributed by atoms with Crippen LogP contribution in [0.15, 0.2) is 29.2 Å². The molecule has 0 spiro atoms. The van der Waals surface area contributed by atoms with Crippen molar-refractivity contribution >= 4 is 21.9 Å². The molecule has 2 rings (SSSR count). The molecule has 26 heavy (non-hydrogen) atoms. The quantitative estimate of drug-likeness (QED) is 0.723. The molecule has 1 fully saturated rings. The fourth-order valence-corrected chi connectivity index (χ4v) is 4.12. The number of carbonyl (C=O) groups is 2. The number of ether oxygens (including phenoxy) is 1. The second-order valence-electron chi connectivity index (χ2n) is 6.54. The summed E-state index contributed by atoms with van der Waals surface area (Å²) >= 11 is 0. The maximum absolute atomic E-state index is 12.7. The van der Waals surface area contributed by atoms with Crippen molar-refractivity contribution in [1.82, 2.24) is 9.62 Å². The molecule has 144 valence electrons. The lowest BCUT2D eigenvalue weighted by molar-refractivity contribution is -0.139. The summed E-state index contributed by atoms with van der Waals surface area (Å²) in [5, 5.41) is 11.7. The van der Waals surface area contributed by atoms with E-state index in [1.54, 1.807) is 0 Å². The van der Waals surface area contributed by atoms with Crippen molar-refractivity contribution in [2.45, 2.75) is 31.2 Å². The van der Waals surface area contributed by atoms with Crippen LogP contribution >= 0.6 is 0 Å². The summed E-state index contributed by atoms with van der Waals surface area (Å²) in [6.45, 7) is 4.89. The maximum atomic E-state index is 12.7. The molecule has 1 heterocycles. The predicted octanol–water partition coefficient (Wildman–Crippen LogP) is 0.937. The molecule has 1 atom stereocenters. The Labute approximate surface area is 153 Å². The Morgan fingerprint density at radius 2 is 1.92 bits per heavy atom. The second-order valence-corrected chi connectivity index (χ2v) is 8.48. The number of rotatable bonds is 7. The van der Waals surface area contributed by atoms with Crippen molar-refractivity contribution in [2.24, 2.45) is 5.92 Å². The van der Waals surface area contributed by atoms with E-state index in [0.29, 0.717) is 13.2 Å². The fraction of sp³-hybridized carbons (Fsp3) is 0.529. The van der Waals surface area contributed by atoms with Crippen LogP contribution in [0.1, 0.15) is 30.6 Å². The number of hydrogen-bond acceptors (Lipinski definition) is 5. The summed E-state index contributed by atoms with van der Waals surface area (Å²) in [7, 11) is -3.72. The molecule has 0 aliphatic carbocycles. The minimum atomic E-state index is -3.72. The molecule has 8 nitrogen and oxygen atoms in total. The number of carboxylic acids is 1. The molecule has 1 amide bonds. The van der Waals surface area contributed by atoms with Gasteiger partial charge in [0.25, 0.3) is 5.91 Å². The van der Waals surface area contributed by atoms with Gasteiger partial charge in [-0.15, -0.1) is 0 Å². The summed E-state index contributed by atoms with van der Waals surface area (Å²) in [4.78, 5) is 23.7. The number of morpholine rings is 1. The van der Waals surface area contributed by atoms with E-state index in [4.69, 9.17) is 4.74 Å².